The molecule has 0 fully saturated rings. The van der Waals surface area contributed by atoms with E-state index in [0.717, 1.165) is 66.4 Å². The van der Waals surface area contributed by atoms with E-state index >= 15 is 0 Å². The van der Waals surface area contributed by atoms with Crippen LogP contribution in [0, 0.1) is 0 Å². The summed E-state index contributed by atoms with van der Waals surface area (Å²) >= 11 is 1.81. The van der Waals surface area contributed by atoms with Crippen LogP contribution in [0.1, 0.15) is 22.3 Å². The van der Waals surface area contributed by atoms with E-state index in [1.165, 1.54) is 48.0 Å². The predicted octanol–water partition coefficient (Wildman–Crippen LogP) is 16.8. The van der Waals surface area contributed by atoms with Crippen molar-refractivity contribution in [2.45, 2.75) is 5.41 Å². The highest BCUT2D eigenvalue weighted by Gasteiger charge is 2.47. The Kier molecular flexibility index (Phi) is 8.95. The maximum absolute atomic E-state index is 6.78. The molecule has 0 saturated carbocycles. The summed E-state index contributed by atoms with van der Waals surface area (Å²) in [6.07, 6.45) is 0. The molecule has 322 valence electrons. The van der Waals surface area contributed by atoms with Crippen molar-refractivity contribution in [3.05, 3.63) is 259 Å². The van der Waals surface area contributed by atoms with Crippen molar-refractivity contribution in [1.82, 2.24) is 15.0 Å². The first-order valence-electron chi connectivity index (χ1n) is 23.3. The number of hydrogen-bond donors (Lipinski definition) is 0. The minimum absolute atomic E-state index is 0.570. The highest BCUT2D eigenvalue weighted by Crippen LogP contribution is 2.57. The fourth-order valence-electron chi connectivity index (χ4n) is 11.2. The minimum Gasteiger partial charge on any atom is -0.456 e. The van der Waals surface area contributed by atoms with Crippen molar-refractivity contribution in [3.8, 4) is 67.5 Å². The summed E-state index contributed by atoms with van der Waals surface area (Å²) in [6, 6.07) is 84.4. The van der Waals surface area contributed by atoms with Crippen LogP contribution in [0.2, 0.25) is 0 Å². The van der Waals surface area contributed by atoms with Gasteiger partial charge in [0.2, 0.25) is 0 Å². The third-order valence-corrected chi connectivity index (χ3v) is 15.2. The quantitative estimate of drug-likeness (QED) is 0.160. The summed E-state index contributed by atoms with van der Waals surface area (Å²) < 4.78 is 9.25. The number of fused-ring (bicyclic) bond motifs is 9. The maximum Gasteiger partial charge on any atom is 0.164 e. The Hall–Kier alpha value is -8.77. The highest BCUT2D eigenvalue weighted by molar-refractivity contribution is 7.25. The van der Waals surface area contributed by atoms with Crippen molar-refractivity contribution >= 4 is 53.4 Å². The molecule has 0 radical (unpaired) electrons. The fraction of sp³-hybridized carbons (Fsp3) is 0.0156. The monoisotopic (exact) mass is 897 g/mol. The molecule has 0 spiro atoms. The van der Waals surface area contributed by atoms with Crippen LogP contribution in [0.3, 0.4) is 0 Å². The van der Waals surface area contributed by atoms with Crippen molar-refractivity contribution < 1.29 is 4.42 Å². The molecule has 10 aromatic carbocycles. The van der Waals surface area contributed by atoms with E-state index in [0.29, 0.717) is 17.5 Å². The molecule has 13 aromatic rings. The molecule has 69 heavy (non-hydrogen) atoms. The zero-order valence-corrected chi connectivity index (χ0v) is 38.0. The Morgan fingerprint density at radius 3 is 1.52 bits per heavy atom. The minimum atomic E-state index is -0.672. The van der Waals surface area contributed by atoms with Crippen molar-refractivity contribution in [1.29, 1.82) is 0 Å². The molecule has 5 heteroatoms. The van der Waals surface area contributed by atoms with Gasteiger partial charge in [0, 0.05) is 47.6 Å². The second kappa shape index (κ2) is 15.7. The Balaban J connectivity index is 1.06. The standard InChI is InChI=1S/C64H39N3OS/c1-3-19-40(20-4-1)43-23-7-8-24-44(43)48-29-17-34-55-59(48)60-50(30-18-35-56(60)68-55)63-66-61(41-37-38-58-51(39-41)47-27-12-16-36-57(47)69-58)65-62(67-63)49-28-11-15-33-54(49)64(42-21-5-2-6-22-42)52-31-13-9-25-45(52)46-26-10-14-32-53(46)64/h1-39H. The summed E-state index contributed by atoms with van der Waals surface area (Å²) in [6.45, 7) is 0. The van der Waals surface area contributed by atoms with Gasteiger partial charge in [-0.25, -0.2) is 15.0 Å². The molecule has 14 rings (SSSR count). The van der Waals surface area contributed by atoms with Crippen LogP contribution in [-0.2, 0) is 5.41 Å². The number of furan rings is 1. The second-order valence-electron chi connectivity index (χ2n) is 17.7. The lowest BCUT2D eigenvalue weighted by atomic mass is 9.66. The molecule has 0 unspecified atom stereocenters. The van der Waals surface area contributed by atoms with Gasteiger partial charge in [-0.15, -0.1) is 11.3 Å². The van der Waals surface area contributed by atoms with Gasteiger partial charge in [0.05, 0.1) is 5.41 Å². The third-order valence-electron chi connectivity index (χ3n) is 14.1. The van der Waals surface area contributed by atoms with Gasteiger partial charge in [0.1, 0.15) is 11.2 Å². The summed E-state index contributed by atoms with van der Waals surface area (Å²) in [7, 11) is 0. The van der Waals surface area contributed by atoms with Crippen LogP contribution in [0.4, 0.5) is 0 Å². The van der Waals surface area contributed by atoms with E-state index in [1.54, 1.807) is 11.3 Å². The van der Waals surface area contributed by atoms with Crippen LogP contribution < -0.4 is 0 Å². The van der Waals surface area contributed by atoms with E-state index in [2.05, 4.69) is 237 Å². The first kappa shape index (κ1) is 39.4. The predicted molar refractivity (Wildman–Crippen MR) is 284 cm³/mol. The van der Waals surface area contributed by atoms with Gasteiger partial charge in [-0.2, -0.15) is 0 Å². The second-order valence-corrected chi connectivity index (χ2v) is 18.8. The summed E-state index contributed by atoms with van der Waals surface area (Å²) in [5, 5.41) is 4.38. The zero-order valence-electron chi connectivity index (χ0n) is 37.2. The van der Waals surface area contributed by atoms with Gasteiger partial charge in [-0.3, -0.25) is 0 Å². The molecule has 0 saturated heterocycles. The normalized spacial score (nSPS) is 12.8. The van der Waals surface area contributed by atoms with Gasteiger partial charge in [-0.1, -0.05) is 200 Å². The molecule has 0 amide bonds. The zero-order chi connectivity index (χ0) is 45.5. The number of hydrogen-bond acceptors (Lipinski definition) is 5. The van der Waals surface area contributed by atoms with Gasteiger partial charge < -0.3 is 4.42 Å². The average Bonchev–Trinajstić information content (AvgIpc) is 4.10. The Labute approximate surface area is 402 Å². The van der Waals surface area contributed by atoms with Crippen molar-refractivity contribution in [3.63, 3.8) is 0 Å². The van der Waals surface area contributed by atoms with E-state index in [-0.39, 0.29) is 0 Å². The lowest BCUT2D eigenvalue weighted by molar-refractivity contribution is 0.669. The summed E-state index contributed by atoms with van der Waals surface area (Å²) in [5.74, 6) is 1.76. The molecular weight excluding hydrogens is 859 g/mol. The molecule has 4 nitrogen and oxygen atoms in total. The largest absolute Gasteiger partial charge is 0.456 e. The van der Waals surface area contributed by atoms with Crippen LogP contribution in [0.5, 0.6) is 0 Å². The van der Waals surface area contributed by atoms with E-state index in [4.69, 9.17) is 19.4 Å². The molecule has 0 N–H and O–H groups in total. The molecular formula is C64H39N3OS. The lowest BCUT2D eigenvalue weighted by Gasteiger charge is -2.35. The third kappa shape index (κ3) is 6.04. The summed E-state index contributed by atoms with van der Waals surface area (Å²) in [4.78, 5) is 16.6. The molecule has 0 bridgehead atoms. The Morgan fingerprint density at radius 2 is 0.812 bits per heavy atom. The van der Waals surface area contributed by atoms with Gasteiger partial charge in [-0.05, 0) is 92.0 Å². The Morgan fingerprint density at radius 1 is 0.319 bits per heavy atom. The topological polar surface area (TPSA) is 51.8 Å². The number of nitrogens with zero attached hydrogens (tertiary/aromatic N) is 3. The van der Waals surface area contributed by atoms with Gasteiger partial charge in [0.25, 0.3) is 0 Å². The average molecular weight is 898 g/mol. The first-order chi connectivity index (χ1) is 34.2. The van der Waals surface area contributed by atoms with Crippen LogP contribution in [-0.4, -0.2) is 15.0 Å². The van der Waals surface area contributed by atoms with E-state index in [9.17, 15) is 0 Å². The smallest absolute Gasteiger partial charge is 0.164 e. The lowest BCUT2D eigenvalue weighted by Crippen LogP contribution is -2.29. The molecule has 1 aliphatic rings. The number of aromatic nitrogens is 3. The fourth-order valence-corrected chi connectivity index (χ4v) is 12.2. The molecule has 0 atom stereocenters. The first-order valence-corrected chi connectivity index (χ1v) is 24.2. The van der Waals surface area contributed by atoms with E-state index < -0.39 is 5.41 Å². The highest BCUT2D eigenvalue weighted by atomic mass is 32.1. The number of benzene rings is 10. The maximum atomic E-state index is 6.78. The molecule has 1 aliphatic carbocycles. The summed E-state index contributed by atoms with van der Waals surface area (Å²) in [5.41, 5.74) is 15.3. The van der Waals surface area contributed by atoms with Crippen LogP contribution in [0.15, 0.2) is 241 Å². The SMILES string of the molecule is c1ccc(-c2ccccc2-c2cccc3oc4cccc(-c5nc(-c6ccc7sc8ccccc8c7c6)nc(-c6ccccc6C6(c7ccccc7)c7ccccc7-c7ccccc76)n5)c4c23)cc1. The number of rotatable bonds is 7. The van der Waals surface area contributed by atoms with Gasteiger partial charge >= 0.3 is 0 Å². The Bertz CT molecular complexity index is 4110. The van der Waals surface area contributed by atoms with Crippen molar-refractivity contribution in [2.75, 3.05) is 0 Å². The number of thiophene rings is 1. The molecule has 3 heterocycles. The van der Waals surface area contributed by atoms with Crippen molar-refractivity contribution in [2.24, 2.45) is 0 Å². The van der Waals surface area contributed by atoms with E-state index in [1.807, 2.05) is 0 Å². The molecule has 3 aromatic heterocycles. The van der Waals surface area contributed by atoms with Crippen LogP contribution in [0.25, 0.3) is 110 Å². The van der Waals surface area contributed by atoms with Gasteiger partial charge in [0.15, 0.2) is 17.5 Å². The molecule has 0 aliphatic heterocycles. The van der Waals surface area contributed by atoms with Crippen LogP contribution >= 0.6 is 11.3 Å².